The molecule has 2 aromatic carbocycles. The number of aliphatic hydroxyl groups excluding tert-OH is 3. The van der Waals surface area contributed by atoms with Crippen LogP contribution in [0.3, 0.4) is 0 Å². The highest BCUT2D eigenvalue weighted by Gasteiger charge is 2.78. The summed E-state index contributed by atoms with van der Waals surface area (Å²) < 4.78 is 20.1. The van der Waals surface area contributed by atoms with E-state index < -0.39 is 100 Å². The van der Waals surface area contributed by atoms with Crippen LogP contribution in [-0.2, 0) is 43.0 Å². The van der Waals surface area contributed by atoms with Gasteiger partial charge in [0.2, 0.25) is 0 Å². The van der Waals surface area contributed by atoms with E-state index in [0.29, 0.717) is 87.5 Å². The summed E-state index contributed by atoms with van der Waals surface area (Å²) in [6.45, 7) is 7.22. The first-order valence-electron chi connectivity index (χ1n) is 25.9. The topological polar surface area (TPSA) is 245 Å². The summed E-state index contributed by atoms with van der Waals surface area (Å²) in [6.07, 6.45) is 3.12. The maximum absolute atomic E-state index is 15.5. The van der Waals surface area contributed by atoms with Crippen molar-refractivity contribution in [3.8, 4) is 5.75 Å². The van der Waals surface area contributed by atoms with Crippen molar-refractivity contribution in [3.05, 3.63) is 104 Å². The van der Waals surface area contributed by atoms with Crippen LogP contribution in [0.2, 0.25) is 0 Å². The SMILES string of the molecule is CC[C@]1(O)CC2CN(CCc3c([nH]c4ccccc34)[C@@](C(=O)OC)(c3cc4c(cc3OC)N(C)[C@H]3C(O)(C(=O)NCn5c(=O)c(C)cn([C@H]6CC(O)[C@@H](CO)O6)c5=O)[C@H](O)[C@]5(CC)C=CCN6CCC43[C@@H]65)C2)C1. The summed E-state index contributed by atoms with van der Waals surface area (Å²) in [4.78, 5) is 69.0. The summed E-state index contributed by atoms with van der Waals surface area (Å²) in [5.41, 5.74) is -4.33. The number of hydrogen-bond acceptors (Lipinski definition) is 15. The lowest BCUT2D eigenvalue weighted by molar-refractivity contribution is -0.203. The molecule has 5 unspecified atom stereocenters. The number of piperidine rings is 1. The van der Waals surface area contributed by atoms with Crippen LogP contribution in [0.5, 0.6) is 5.75 Å². The lowest BCUT2D eigenvalue weighted by Gasteiger charge is -2.63. The Kier molecular flexibility index (Phi) is 12.0. The van der Waals surface area contributed by atoms with E-state index in [0.717, 1.165) is 31.2 Å². The molecule has 1 spiro atoms. The average Bonchev–Trinajstić information content (AvgIpc) is 4.15. The van der Waals surface area contributed by atoms with Gasteiger partial charge in [-0.25, -0.2) is 9.36 Å². The molecule has 2 bridgehead atoms. The summed E-state index contributed by atoms with van der Waals surface area (Å²) in [5.74, 6) is -1.29. The smallest absolute Gasteiger partial charge is 0.334 e. The number of aromatic nitrogens is 3. The number of nitrogens with zero attached hydrogens (tertiary/aromatic N) is 5. The predicted octanol–water partition coefficient (Wildman–Crippen LogP) is 1.29. The number of aryl methyl sites for hydroxylation is 1. The van der Waals surface area contributed by atoms with Gasteiger partial charge in [0.15, 0.2) is 5.60 Å². The number of fused-ring (bicyclic) bond motifs is 6. The monoisotopic (exact) mass is 1010 g/mol. The van der Waals surface area contributed by atoms with E-state index >= 15 is 9.59 Å². The standard InChI is InChI=1S/C54H69N7O12/c1-7-50(69)23-31-24-53(48(67)72-6,42-33(14-18-58(26-31)28-50)32-12-9-10-13-36(32)56-42)35-20-34-37(21-39(35)71-5)57(4)45-52(34)16-19-59-17-11-15-51(8-2,44(52)59)46(65)54(45,70)47(66)55-29-61-43(64)30(3)25-60(49(61)68)41-22-38(63)40(27-62)73-41/h9-13,15,20-21,25,31,38,40-41,44-46,56,62-63,65,69-70H,7-8,14,16-19,22-24,26-29H2,1-6H3,(H,55,66)/t31?,38?,40-,41-,44+,45-,46-,50+,51-,52?,53+,54?/m1/s1. The van der Waals surface area contributed by atoms with Gasteiger partial charge in [0.05, 0.1) is 38.6 Å². The molecule has 19 heteroatoms. The molecule has 2 aromatic heterocycles. The third-order valence-corrected chi connectivity index (χ3v) is 18.7. The van der Waals surface area contributed by atoms with E-state index in [1.54, 1.807) is 14.2 Å². The molecule has 3 saturated heterocycles. The molecule has 8 heterocycles. The zero-order chi connectivity index (χ0) is 51.7. The Morgan fingerprint density at radius 1 is 1.01 bits per heavy atom. The van der Waals surface area contributed by atoms with Gasteiger partial charge in [-0.1, -0.05) is 44.2 Å². The normalized spacial score (nSPS) is 36.4. The first kappa shape index (κ1) is 49.8. The molecule has 1 aliphatic carbocycles. The van der Waals surface area contributed by atoms with Crippen molar-refractivity contribution >= 4 is 28.5 Å². The van der Waals surface area contributed by atoms with Crippen LogP contribution in [-0.4, -0.2) is 164 Å². The average molecular weight is 1010 g/mol. The number of rotatable bonds is 10. The largest absolute Gasteiger partial charge is 0.496 e. The number of aromatic amines is 1. The van der Waals surface area contributed by atoms with Crippen LogP contribution in [0.25, 0.3) is 10.9 Å². The second kappa shape index (κ2) is 17.6. The minimum absolute atomic E-state index is 0.0277. The van der Waals surface area contributed by atoms with Crippen LogP contribution >= 0.6 is 0 Å². The number of para-hydroxylation sites is 1. The zero-order valence-corrected chi connectivity index (χ0v) is 42.5. The van der Waals surface area contributed by atoms with E-state index in [9.17, 15) is 35.1 Å². The van der Waals surface area contributed by atoms with Gasteiger partial charge in [-0.15, -0.1) is 0 Å². The number of nitrogens with one attached hydrogen (secondary N) is 2. The van der Waals surface area contributed by atoms with Crippen LogP contribution in [0.1, 0.15) is 86.5 Å². The molecule has 4 aromatic rings. The van der Waals surface area contributed by atoms with E-state index in [1.165, 1.54) is 20.2 Å². The lowest BCUT2D eigenvalue weighted by atomic mass is 9.47. The molecule has 13 atom stereocenters. The van der Waals surface area contributed by atoms with E-state index in [4.69, 9.17) is 14.2 Å². The van der Waals surface area contributed by atoms with Crippen molar-refractivity contribution < 1.29 is 49.3 Å². The Morgan fingerprint density at radius 3 is 2.51 bits per heavy atom. The fraction of sp³-hybridized carbons (Fsp3) is 0.593. The van der Waals surface area contributed by atoms with Crippen molar-refractivity contribution in [2.45, 2.75) is 131 Å². The predicted molar refractivity (Wildman–Crippen MR) is 268 cm³/mol. The fourth-order valence-corrected chi connectivity index (χ4v) is 15.5. The third kappa shape index (κ3) is 6.84. The zero-order valence-electron chi connectivity index (χ0n) is 42.5. The number of carbonyl (C=O) groups is 2. The van der Waals surface area contributed by atoms with Gasteiger partial charge >= 0.3 is 11.7 Å². The molecule has 0 radical (unpaired) electrons. The second-order valence-electron chi connectivity index (χ2n) is 22.1. The van der Waals surface area contributed by atoms with E-state index in [1.807, 2.05) is 61.2 Å². The lowest BCUT2D eigenvalue weighted by Crippen LogP contribution is -2.81. The minimum Gasteiger partial charge on any atom is -0.496 e. The molecule has 6 aliphatic heterocycles. The van der Waals surface area contributed by atoms with Gasteiger partial charge in [-0.2, -0.15) is 0 Å². The van der Waals surface area contributed by atoms with Crippen molar-refractivity contribution in [1.82, 2.24) is 29.2 Å². The number of benzene rings is 2. The highest BCUT2D eigenvalue weighted by molar-refractivity contribution is 5.95. The summed E-state index contributed by atoms with van der Waals surface area (Å²) in [5, 5.41) is 62.8. The Bertz CT molecular complexity index is 3040. The van der Waals surface area contributed by atoms with Crippen LogP contribution in [0, 0.1) is 18.3 Å². The third-order valence-electron chi connectivity index (χ3n) is 18.7. The number of esters is 1. The molecule has 7 N–H and O–H groups in total. The molecule has 73 heavy (non-hydrogen) atoms. The van der Waals surface area contributed by atoms with Crippen molar-refractivity contribution in [1.29, 1.82) is 0 Å². The van der Waals surface area contributed by atoms with Gasteiger partial charge in [-0.05, 0) is 81.2 Å². The summed E-state index contributed by atoms with van der Waals surface area (Å²) in [7, 11) is 4.74. The molecule has 4 fully saturated rings. The first-order chi connectivity index (χ1) is 34.9. The number of aliphatic hydroxyl groups is 5. The second-order valence-corrected chi connectivity index (χ2v) is 22.1. The molecule has 7 aliphatic rings. The van der Waals surface area contributed by atoms with Gasteiger partial charge < -0.3 is 54.9 Å². The first-order valence-corrected chi connectivity index (χ1v) is 25.9. The maximum Gasteiger partial charge on any atom is 0.334 e. The molecule has 1 saturated carbocycles. The Balaban J connectivity index is 1.09. The Morgan fingerprint density at radius 2 is 1.79 bits per heavy atom. The minimum atomic E-state index is -2.59. The number of carbonyl (C=O) groups excluding carboxylic acids is 2. The molecule has 1 amide bonds. The molecular formula is C54H69N7O12. The summed E-state index contributed by atoms with van der Waals surface area (Å²) in [6, 6.07) is 10.4. The number of anilines is 1. The number of hydrogen-bond donors (Lipinski definition) is 7. The van der Waals surface area contributed by atoms with Crippen LogP contribution in [0.15, 0.2) is 64.3 Å². The maximum atomic E-state index is 15.5. The summed E-state index contributed by atoms with van der Waals surface area (Å²) >= 11 is 0. The van der Waals surface area contributed by atoms with Crippen LogP contribution in [0.4, 0.5) is 5.69 Å². The number of ether oxygens (including phenoxy) is 3. The van der Waals surface area contributed by atoms with Gasteiger partial charge in [0, 0.05) is 102 Å². The Labute approximate surface area is 422 Å². The molecular weight excluding hydrogens is 939 g/mol. The van der Waals surface area contributed by atoms with Gasteiger partial charge in [-0.3, -0.25) is 28.8 Å². The highest BCUT2D eigenvalue weighted by atomic mass is 16.5. The fourth-order valence-electron chi connectivity index (χ4n) is 15.5. The quantitative estimate of drug-likeness (QED) is 0.0875. The highest BCUT2D eigenvalue weighted by Crippen LogP contribution is 2.67. The van der Waals surface area contributed by atoms with Crippen molar-refractivity contribution in [2.24, 2.45) is 11.3 Å². The van der Waals surface area contributed by atoms with E-state index in [-0.39, 0.29) is 24.3 Å². The van der Waals surface area contributed by atoms with E-state index in [2.05, 4.69) is 26.2 Å². The molecule has 19 nitrogen and oxygen atoms in total. The van der Waals surface area contributed by atoms with Crippen LogP contribution < -0.4 is 26.2 Å². The number of likely N-dealkylation sites (N-methyl/N-ethyl adjacent to an activating group) is 1. The van der Waals surface area contributed by atoms with Gasteiger partial charge in [0.25, 0.3) is 11.5 Å². The number of methoxy groups -OCH3 is 2. The van der Waals surface area contributed by atoms with Crippen molar-refractivity contribution in [2.75, 3.05) is 65.5 Å². The molecule has 392 valence electrons. The van der Waals surface area contributed by atoms with Crippen molar-refractivity contribution in [3.63, 3.8) is 0 Å². The number of H-pyrrole nitrogens is 1. The van der Waals surface area contributed by atoms with Gasteiger partial charge in [0.1, 0.15) is 36.3 Å². The Hall–Kier alpha value is -5.38. The number of amides is 1. The molecule has 11 rings (SSSR count).